The smallest absolute Gasteiger partial charge is 0.340 e. The van der Waals surface area contributed by atoms with Crippen molar-refractivity contribution >= 4 is 28.2 Å². The van der Waals surface area contributed by atoms with Crippen molar-refractivity contribution in [1.82, 2.24) is 4.57 Å². The largest absolute Gasteiger partial charge is 0.452 e. The fraction of sp³-hybridized carbons (Fsp3) is 0.320. The van der Waals surface area contributed by atoms with Crippen molar-refractivity contribution in [2.75, 3.05) is 11.9 Å². The van der Waals surface area contributed by atoms with E-state index in [2.05, 4.69) is 11.4 Å². The predicted molar refractivity (Wildman–Crippen MR) is 125 cm³/mol. The normalized spacial score (nSPS) is 12.7. The molecule has 0 spiro atoms. The van der Waals surface area contributed by atoms with Crippen molar-refractivity contribution in [3.63, 3.8) is 0 Å². The summed E-state index contributed by atoms with van der Waals surface area (Å²) in [4.78, 5) is 26.3. The van der Waals surface area contributed by atoms with Crippen LogP contribution in [0.5, 0.6) is 0 Å². The van der Waals surface area contributed by atoms with Crippen LogP contribution in [0, 0.1) is 32.1 Å². The summed E-state index contributed by atoms with van der Waals surface area (Å²) in [5.41, 5.74) is 5.83. The number of esters is 1. The molecule has 0 fully saturated rings. The number of benzene rings is 1. The average molecular weight is 448 g/mol. The highest BCUT2D eigenvalue weighted by Gasteiger charge is 2.23. The molecule has 1 aromatic carbocycles. The molecule has 0 radical (unpaired) electrons. The molecule has 3 aromatic rings. The maximum absolute atomic E-state index is 12.7. The maximum Gasteiger partial charge on any atom is 0.340 e. The molecule has 4 rings (SSSR count). The summed E-state index contributed by atoms with van der Waals surface area (Å²) < 4.78 is 7.29. The number of nitriles is 1. The van der Waals surface area contributed by atoms with Gasteiger partial charge < -0.3 is 14.6 Å². The van der Waals surface area contributed by atoms with Gasteiger partial charge in [0.05, 0.1) is 11.1 Å². The Labute approximate surface area is 191 Å². The number of anilines is 1. The number of carbonyl (C=O) groups excluding carboxylic acids is 2. The summed E-state index contributed by atoms with van der Waals surface area (Å²) in [6, 6.07) is 12.0. The Morgan fingerprint density at radius 3 is 2.59 bits per heavy atom. The SMILES string of the molecule is Cc1ccc(-n2c(C)cc(C(=O)OCC(=O)Nc3sc4c(c3C#N)CCCC4)c2C)cc1. The quantitative estimate of drug-likeness (QED) is 0.557. The van der Waals surface area contributed by atoms with Gasteiger partial charge >= 0.3 is 5.97 Å². The number of rotatable bonds is 5. The van der Waals surface area contributed by atoms with Gasteiger partial charge in [-0.25, -0.2) is 4.79 Å². The van der Waals surface area contributed by atoms with Gasteiger partial charge in [-0.1, -0.05) is 17.7 Å². The minimum absolute atomic E-state index is 0.402. The van der Waals surface area contributed by atoms with E-state index in [1.807, 2.05) is 49.6 Å². The molecule has 2 heterocycles. The topological polar surface area (TPSA) is 84.1 Å². The Morgan fingerprint density at radius 2 is 1.88 bits per heavy atom. The number of hydrogen-bond acceptors (Lipinski definition) is 5. The molecular formula is C25H25N3O3S. The number of ether oxygens (including phenoxy) is 1. The van der Waals surface area contributed by atoms with Crippen molar-refractivity contribution in [2.45, 2.75) is 46.5 Å². The number of amides is 1. The first kappa shape index (κ1) is 21.8. The van der Waals surface area contributed by atoms with Crippen LogP contribution in [-0.4, -0.2) is 23.1 Å². The van der Waals surface area contributed by atoms with Crippen molar-refractivity contribution in [1.29, 1.82) is 5.26 Å². The molecule has 2 aromatic heterocycles. The van der Waals surface area contributed by atoms with E-state index in [1.54, 1.807) is 6.07 Å². The zero-order chi connectivity index (χ0) is 22.8. The van der Waals surface area contributed by atoms with Crippen LogP contribution in [0.15, 0.2) is 30.3 Å². The first-order valence-electron chi connectivity index (χ1n) is 10.7. The first-order valence-corrected chi connectivity index (χ1v) is 11.5. The molecule has 0 saturated heterocycles. The monoisotopic (exact) mass is 447 g/mol. The van der Waals surface area contributed by atoms with Crippen LogP contribution in [0.4, 0.5) is 5.00 Å². The fourth-order valence-electron chi connectivity index (χ4n) is 4.20. The second-order valence-corrected chi connectivity index (χ2v) is 9.21. The van der Waals surface area contributed by atoms with E-state index in [0.717, 1.165) is 53.9 Å². The molecule has 6 nitrogen and oxygen atoms in total. The minimum Gasteiger partial charge on any atom is -0.452 e. The Bertz CT molecular complexity index is 1230. The molecular weight excluding hydrogens is 422 g/mol. The van der Waals surface area contributed by atoms with Crippen LogP contribution in [0.3, 0.4) is 0 Å². The highest BCUT2D eigenvalue weighted by atomic mass is 32.1. The lowest BCUT2D eigenvalue weighted by molar-refractivity contribution is -0.119. The summed E-state index contributed by atoms with van der Waals surface area (Å²) in [5, 5.41) is 12.8. The van der Waals surface area contributed by atoms with Gasteiger partial charge in [-0.3, -0.25) is 4.79 Å². The molecule has 0 aliphatic heterocycles. The van der Waals surface area contributed by atoms with E-state index >= 15 is 0 Å². The van der Waals surface area contributed by atoms with E-state index in [4.69, 9.17) is 4.74 Å². The highest BCUT2D eigenvalue weighted by molar-refractivity contribution is 7.16. The number of hydrogen-bond donors (Lipinski definition) is 1. The third-order valence-corrected chi connectivity index (χ3v) is 7.02. The predicted octanol–water partition coefficient (Wildman–Crippen LogP) is 5.01. The first-order chi connectivity index (χ1) is 15.4. The van der Waals surface area contributed by atoms with Crippen LogP contribution >= 0.6 is 11.3 Å². The Kier molecular flexibility index (Phi) is 6.15. The van der Waals surface area contributed by atoms with Gasteiger partial charge in [0.25, 0.3) is 5.91 Å². The number of aromatic nitrogens is 1. The van der Waals surface area contributed by atoms with Crippen molar-refractivity contribution in [3.05, 3.63) is 68.9 Å². The van der Waals surface area contributed by atoms with E-state index in [9.17, 15) is 14.9 Å². The molecule has 164 valence electrons. The summed E-state index contributed by atoms with van der Waals surface area (Å²) in [7, 11) is 0. The molecule has 0 unspecified atom stereocenters. The molecule has 1 aliphatic rings. The second kappa shape index (κ2) is 9.01. The zero-order valence-electron chi connectivity index (χ0n) is 18.4. The van der Waals surface area contributed by atoms with Gasteiger partial charge in [-0.2, -0.15) is 5.26 Å². The molecule has 0 saturated carbocycles. The van der Waals surface area contributed by atoms with Gasteiger partial charge in [-0.15, -0.1) is 11.3 Å². The van der Waals surface area contributed by atoms with Gasteiger partial charge in [0.1, 0.15) is 11.1 Å². The van der Waals surface area contributed by atoms with Gasteiger partial charge in [-0.05, 0) is 70.2 Å². The summed E-state index contributed by atoms with van der Waals surface area (Å²) in [5.74, 6) is -0.988. The van der Waals surface area contributed by atoms with E-state index < -0.39 is 18.5 Å². The Balaban J connectivity index is 1.44. The number of nitrogens with one attached hydrogen (secondary N) is 1. The van der Waals surface area contributed by atoms with Crippen LogP contribution in [-0.2, 0) is 22.4 Å². The molecule has 0 bridgehead atoms. The standard InChI is InChI=1S/C25H25N3O3S/c1-15-8-10-18(11-9-15)28-16(2)12-20(17(28)3)25(30)31-14-23(29)27-24-21(13-26)19-6-4-5-7-22(19)32-24/h8-12H,4-7,14H2,1-3H3,(H,27,29). The van der Waals surface area contributed by atoms with Crippen LogP contribution < -0.4 is 5.32 Å². The van der Waals surface area contributed by atoms with Crippen molar-refractivity contribution in [2.24, 2.45) is 0 Å². The second-order valence-electron chi connectivity index (χ2n) is 8.11. The van der Waals surface area contributed by atoms with Crippen LogP contribution in [0.25, 0.3) is 5.69 Å². The third kappa shape index (κ3) is 4.19. The number of aryl methyl sites for hydroxylation is 3. The Hall–Kier alpha value is -3.37. The number of nitrogens with zero attached hydrogens (tertiary/aromatic N) is 2. The third-order valence-electron chi connectivity index (χ3n) is 5.81. The Morgan fingerprint density at radius 1 is 1.16 bits per heavy atom. The van der Waals surface area contributed by atoms with E-state index in [0.29, 0.717) is 16.1 Å². The van der Waals surface area contributed by atoms with Crippen LogP contribution in [0.2, 0.25) is 0 Å². The lowest BCUT2D eigenvalue weighted by Crippen LogP contribution is -2.21. The van der Waals surface area contributed by atoms with Gasteiger partial charge in [0, 0.05) is 22.0 Å². The molecule has 7 heteroatoms. The summed E-state index contributed by atoms with van der Waals surface area (Å²) >= 11 is 1.45. The number of fused-ring (bicyclic) bond motifs is 1. The van der Waals surface area contributed by atoms with Crippen LogP contribution in [0.1, 0.15) is 56.2 Å². The van der Waals surface area contributed by atoms with E-state index in [-0.39, 0.29) is 0 Å². The lowest BCUT2D eigenvalue weighted by atomic mass is 9.96. The molecule has 1 aliphatic carbocycles. The summed E-state index contributed by atoms with van der Waals surface area (Å²) in [6.45, 7) is 5.41. The maximum atomic E-state index is 12.7. The number of carbonyl (C=O) groups is 2. The molecule has 1 amide bonds. The molecule has 32 heavy (non-hydrogen) atoms. The van der Waals surface area contributed by atoms with Crippen molar-refractivity contribution < 1.29 is 14.3 Å². The van der Waals surface area contributed by atoms with Gasteiger partial charge in [0.2, 0.25) is 0 Å². The van der Waals surface area contributed by atoms with E-state index in [1.165, 1.54) is 16.2 Å². The number of thiophene rings is 1. The lowest BCUT2D eigenvalue weighted by Gasteiger charge is -2.10. The van der Waals surface area contributed by atoms with Gasteiger partial charge in [0.15, 0.2) is 6.61 Å². The van der Waals surface area contributed by atoms with Crippen molar-refractivity contribution in [3.8, 4) is 11.8 Å². The molecule has 0 atom stereocenters. The average Bonchev–Trinajstić information content (AvgIpc) is 3.28. The summed E-state index contributed by atoms with van der Waals surface area (Å²) in [6.07, 6.45) is 3.97. The zero-order valence-corrected chi connectivity index (χ0v) is 19.3. The molecule has 1 N–H and O–H groups in total. The fourth-order valence-corrected chi connectivity index (χ4v) is 5.46. The highest BCUT2D eigenvalue weighted by Crippen LogP contribution is 2.37. The minimum atomic E-state index is -0.544.